The largest absolute Gasteiger partial charge is 0.481 e. The number of imidazole rings is 1. The number of H-pyrrole nitrogens is 1. The number of carboxylic acid groups (broad SMARTS) is 1. The minimum atomic E-state index is -0.871. The molecule has 0 fully saturated rings. The number of unbranched alkanes of at least 4 members (excludes halogenated alkanes) is 1. The molecule has 0 saturated carbocycles. The maximum Gasteiger partial charge on any atom is 0.303 e. The van der Waals surface area contributed by atoms with Crippen LogP contribution in [0.25, 0.3) is 11.2 Å². The van der Waals surface area contributed by atoms with Crippen molar-refractivity contribution in [3.63, 3.8) is 0 Å². The number of carbonyl (C=O) groups is 2. The van der Waals surface area contributed by atoms with Crippen molar-refractivity contribution in [1.82, 2.24) is 19.9 Å². The van der Waals surface area contributed by atoms with Crippen molar-refractivity contribution < 1.29 is 14.7 Å². The van der Waals surface area contributed by atoms with Crippen LogP contribution in [-0.2, 0) is 9.59 Å². The summed E-state index contributed by atoms with van der Waals surface area (Å²) in [6.45, 7) is 0. The number of carbonyl (C=O) groups excluding carboxylic acids is 1. The van der Waals surface area contributed by atoms with Crippen LogP contribution in [-0.4, -0.2) is 36.9 Å². The monoisotopic (exact) mass is 297 g/mol. The van der Waals surface area contributed by atoms with Gasteiger partial charge in [-0.25, -0.2) is 4.98 Å². The van der Waals surface area contributed by atoms with Crippen molar-refractivity contribution in [3.8, 4) is 0 Å². The van der Waals surface area contributed by atoms with Gasteiger partial charge in [0.2, 0.25) is 11.9 Å². The van der Waals surface area contributed by atoms with Gasteiger partial charge in [0.15, 0.2) is 10.8 Å². The lowest BCUT2D eigenvalue weighted by Crippen LogP contribution is -2.14. The molecule has 0 aromatic carbocycles. The Morgan fingerprint density at radius 2 is 2.05 bits per heavy atom. The van der Waals surface area contributed by atoms with E-state index >= 15 is 0 Å². The first kappa shape index (κ1) is 14.2. The molecule has 0 aliphatic heterocycles. The smallest absolute Gasteiger partial charge is 0.303 e. The standard InChI is InChI=1S/C11H12ClN5O3/c12-9-8-10(14-5-13-8)17-11(16-9)15-6(18)3-1-2-4-7(19)20/h5H,1-4H2,(H,19,20)(H2,13,14,15,16,17,18). The molecular formula is C11H12ClN5O3. The van der Waals surface area contributed by atoms with Gasteiger partial charge in [-0.05, 0) is 12.8 Å². The first-order chi connectivity index (χ1) is 9.56. The molecule has 2 aromatic heterocycles. The quantitative estimate of drug-likeness (QED) is 0.550. The minimum Gasteiger partial charge on any atom is -0.481 e. The molecule has 0 aliphatic carbocycles. The number of aromatic nitrogens is 4. The van der Waals surface area contributed by atoms with Gasteiger partial charge in [0.05, 0.1) is 6.33 Å². The molecule has 0 atom stereocenters. The van der Waals surface area contributed by atoms with Crippen molar-refractivity contribution in [3.05, 3.63) is 11.5 Å². The van der Waals surface area contributed by atoms with Crippen LogP contribution in [0.3, 0.4) is 0 Å². The molecule has 0 bridgehead atoms. The average Bonchev–Trinajstić information content (AvgIpc) is 2.83. The summed E-state index contributed by atoms with van der Waals surface area (Å²) in [4.78, 5) is 36.6. The second kappa shape index (κ2) is 6.29. The van der Waals surface area contributed by atoms with Crippen LogP contribution in [0.4, 0.5) is 5.95 Å². The first-order valence-electron chi connectivity index (χ1n) is 5.94. The van der Waals surface area contributed by atoms with Crippen molar-refractivity contribution in [2.45, 2.75) is 25.7 Å². The predicted octanol–water partition coefficient (Wildman–Crippen LogP) is 1.59. The molecule has 8 nitrogen and oxygen atoms in total. The summed E-state index contributed by atoms with van der Waals surface area (Å²) in [5, 5.41) is 11.2. The van der Waals surface area contributed by atoms with Gasteiger partial charge in [-0.15, -0.1) is 0 Å². The van der Waals surface area contributed by atoms with E-state index in [0.717, 1.165) is 0 Å². The highest BCUT2D eigenvalue weighted by molar-refractivity contribution is 6.33. The molecule has 2 rings (SSSR count). The van der Waals surface area contributed by atoms with E-state index in [9.17, 15) is 9.59 Å². The molecular weight excluding hydrogens is 286 g/mol. The minimum absolute atomic E-state index is 0.0504. The summed E-state index contributed by atoms with van der Waals surface area (Å²) in [5.41, 5.74) is 0.873. The predicted molar refractivity (Wildman–Crippen MR) is 71.4 cm³/mol. The van der Waals surface area contributed by atoms with E-state index in [1.54, 1.807) is 0 Å². The Morgan fingerprint density at radius 3 is 2.80 bits per heavy atom. The summed E-state index contributed by atoms with van der Waals surface area (Å²) in [7, 11) is 0. The molecule has 0 radical (unpaired) electrons. The van der Waals surface area contributed by atoms with Crippen LogP contribution in [0.15, 0.2) is 6.33 Å². The second-order valence-corrected chi connectivity index (χ2v) is 4.45. The zero-order chi connectivity index (χ0) is 14.5. The van der Waals surface area contributed by atoms with Crippen LogP contribution < -0.4 is 5.32 Å². The van der Waals surface area contributed by atoms with Crippen LogP contribution in [0.2, 0.25) is 5.15 Å². The summed E-state index contributed by atoms with van der Waals surface area (Å²) >= 11 is 5.91. The normalized spacial score (nSPS) is 10.7. The van der Waals surface area contributed by atoms with Crippen molar-refractivity contribution >= 4 is 40.6 Å². The van der Waals surface area contributed by atoms with E-state index in [4.69, 9.17) is 16.7 Å². The Hall–Kier alpha value is -2.22. The average molecular weight is 298 g/mol. The molecule has 9 heteroatoms. The Labute approximate surface area is 118 Å². The van der Waals surface area contributed by atoms with Gasteiger partial charge in [-0.1, -0.05) is 11.6 Å². The number of carboxylic acids is 1. The Kier molecular flexibility index (Phi) is 4.46. The number of hydrogen-bond donors (Lipinski definition) is 3. The third-order valence-corrected chi connectivity index (χ3v) is 2.81. The van der Waals surface area contributed by atoms with Crippen molar-refractivity contribution in [2.24, 2.45) is 0 Å². The molecule has 2 heterocycles. The maximum atomic E-state index is 11.6. The van der Waals surface area contributed by atoms with E-state index in [-0.39, 0.29) is 29.9 Å². The molecule has 0 unspecified atom stereocenters. The number of fused-ring (bicyclic) bond motifs is 1. The van der Waals surface area contributed by atoms with Gasteiger partial charge in [0, 0.05) is 12.8 Å². The number of anilines is 1. The van der Waals surface area contributed by atoms with E-state index < -0.39 is 5.97 Å². The Balaban J connectivity index is 1.91. The van der Waals surface area contributed by atoms with E-state index in [0.29, 0.717) is 24.0 Å². The highest BCUT2D eigenvalue weighted by Gasteiger charge is 2.10. The Bertz CT molecular complexity index is 642. The SMILES string of the molecule is O=C(O)CCCCC(=O)Nc1nc(Cl)c2[nH]cnc2n1. The number of hydrogen-bond acceptors (Lipinski definition) is 5. The third-order valence-electron chi connectivity index (χ3n) is 2.54. The Morgan fingerprint density at radius 1 is 1.30 bits per heavy atom. The van der Waals surface area contributed by atoms with Gasteiger partial charge in [0.1, 0.15) is 5.52 Å². The number of halogens is 1. The van der Waals surface area contributed by atoms with Gasteiger partial charge in [0.25, 0.3) is 0 Å². The van der Waals surface area contributed by atoms with Gasteiger partial charge < -0.3 is 10.1 Å². The number of aliphatic carboxylic acids is 1. The molecule has 0 saturated heterocycles. The van der Waals surface area contributed by atoms with Crippen LogP contribution in [0, 0.1) is 0 Å². The summed E-state index contributed by atoms with van der Waals surface area (Å²) in [5.74, 6) is -1.08. The number of nitrogens with one attached hydrogen (secondary N) is 2. The highest BCUT2D eigenvalue weighted by Crippen LogP contribution is 2.18. The van der Waals surface area contributed by atoms with Gasteiger partial charge >= 0.3 is 5.97 Å². The lowest BCUT2D eigenvalue weighted by atomic mass is 10.2. The van der Waals surface area contributed by atoms with Crippen LogP contribution in [0.5, 0.6) is 0 Å². The van der Waals surface area contributed by atoms with Crippen molar-refractivity contribution in [1.29, 1.82) is 0 Å². The van der Waals surface area contributed by atoms with Gasteiger partial charge in [-0.3, -0.25) is 14.9 Å². The molecule has 2 aromatic rings. The fraction of sp³-hybridized carbons (Fsp3) is 0.364. The third kappa shape index (κ3) is 3.64. The zero-order valence-corrected chi connectivity index (χ0v) is 11.1. The number of rotatable bonds is 6. The van der Waals surface area contributed by atoms with E-state index in [2.05, 4.69) is 25.3 Å². The molecule has 0 spiro atoms. The summed E-state index contributed by atoms with van der Waals surface area (Å²) in [6.07, 6.45) is 2.61. The highest BCUT2D eigenvalue weighted by atomic mass is 35.5. The zero-order valence-electron chi connectivity index (χ0n) is 10.4. The molecule has 1 amide bonds. The second-order valence-electron chi connectivity index (χ2n) is 4.09. The summed E-state index contributed by atoms with van der Waals surface area (Å²) < 4.78 is 0. The number of amides is 1. The topological polar surface area (TPSA) is 121 Å². The first-order valence-corrected chi connectivity index (χ1v) is 6.32. The molecule has 0 aliphatic rings. The van der Waals surface area contributed by atoms with Crippen LogP contribution in [0.1, 0.15) is 25.7 Å². The molecule has 106 valence electrons. The van der Waals surface area contributed by atoms with Gasteiger partial charge in [-0.2, -0.15) is 9.97 Å². The molecule has 3 N–H and O–H groups in total. The fourth-order valence-corrected chi connectivity index (χ4v) is 1.82. The lowest BCUT2D eigenvalue weighted by Gasteiger charge is -2.03. The lowest BCUT2D eigenvalue weighted by molar-refractivity contribution is -0.137. The van der Waals surface area contributed by atoms with E-state index in [1.807, 2.05) is 0 Å². The van der Waals surface area contributed by atoms with Crippen LogP contribution >= 0.6 is 11.6 Å². The number of aromatic amines is 1. The fourth-order valence-electron chi connectivity index (χ4n) is 1.60. The van der Waals surface area contributed by atoms with E-state index in [1.165, 1.54) is 6.33 Å². The summed E-state index contributed by atoms with van der Waals surface area (Å²) in [6, 6.07) is 0. The maximum absolute atomic E-state index is 11.6. The molecule has 20 heavy (non-hydrogen) atoms. The van der Waals surface area contributed by atoms with Crippen molar-refractivity contribution in [2.75, 3.05) is 5.32 Å². The number of nitrogens with zero attached hydrogens (tertiary/aromatic N) is 3.